The summed E-state index contributed by atoms with van der Waals surface area (Å²) in [6.07, 6.45) is 3.43. The number of piperazine rings is 1. The quantitative estimate of drug-likeness (QED) is 0.258. The Labute approximate surface area is 167 Å². The Morgan fingerprint density at radius 2 is 1.89 bits per heavy atom. The number of hydrogen-bond acceptors (Lipinski definition) is 6. The molecule has 0 spiro atoms. The molecule has 1 fully saturated rings. The first-order valence-electron chi connectivity index (χ1n) is 9.71. The molecule has 2 rings (SSSR count). The zero-order valence-electron chi connectivity index (χ0n) is 16.7. The van der Waals surface area contributed by atoms with Gasteiger partial charge in [-0.3, -0.25) is 10.0 Å². The number of para-hydroxylation sites is 2. The predicted octanol–water partition coefficient (Wildman–Crippen LogP) is 1.94. The number of nitrogens with zero attached hydrogens (tertiary/aromatic N) is 3. The van der Waals surface area contributed by atoms with Gasteiger partial charge in [0.25, 0.3) is 0 Å². The van der Waals surface area contributed by atoms with Gasteiger partial charge in [-0.1, -0.05) is 38.3 Å². The monoisotopic (exact) mass is 413 g/mol. The highest BCUT2D eigenvalue weighted by Crippen LogP contribution is 2.28. The third kappa shape index (κ3) is 5.83. The number of amides is 1. The van der Waals surface area contributed by atoms with Gasteiger partial charge in [-0.25, -0.2) is 13.5 Å². The van der Waals surface area contributed by atoms with Gasteiger partial charge in [-0.15, -0.1) is 0 Å². The lowest BCUT2D eigenvalue weighted by molar-refractivity contribution is -0.158. The first-order chi connectivity index (χ1) is 13.4. The predicted molar refractivity (Wildman–Crippen MR) is 108 cm³/mol. The number of hydrogen-bond donors (Lipinski definition) is 1. The second kappa shape index (κ2) is 10.6. The Hall–Kier alpha value is -1.84. The van der Waals surface area contributed by atoms with Crippen LogP contribution in [-0.4, -0.2) is 74.5 Å². The summed E-state index contributed by atoms with van der Waals surface area (Å²) in [6.45, 7) is 3.86. The number of methoxy groups -OCH3 is 1. The molecule has 0 aromatic heterocycles. The van der Waals surface area contributed by atoms with Crippen LogP contribution in [0.25, 0.3) is 0 Å². The van der Waals surface area contributed by atoms with Gasteiger partial charge in [0.15, 0.2) is 0 Å². The van der Waals surface area contributed by atoms with E-state index in [0.29, 0.717) is 37.7 Å². The van der Waals surface area contributed by atoms with E-state index < -0.39 is 16.1 Å². The van der Waals surface area contributed by atoms with Gasteiger partial charge >= 0.3 is 0 Å². The Balaban J connectivity index is 1.99. The van der Waals surface area contributed by atoms with E-state index in [4.69, 9.17) is 4.74 Å². The summed E-state index contributed by atoms with van der Waals surface area (Å²) < 4.78 is 32.5. The van der Waals surface area contributed by atoms with Gasteiger partial charge in [0.05, 0.1) is 24.6 Å². The highest BCUT2D eigenvalue weighted by atomic mass is 32.2. The van der Waals surface area contributed by atoms with Crippen LogP contribution >= 0.6 is 0 Å². The fourth-order valence-electron chi connectivity index (χ4n) is 3.45. The van der Waals surface area contributed by atoms with E-state index >= 15 is 0 Å². The van der Waals surface area contributed by atoms with Gasteiger partial charge in [0.1, 0.15) is 5.75 Å². The molecular weight excluding hydrogens is 382 g/mol. The molecule has 1 N–H and O–H groups in total. The Bertz CT molecular complexity index is 720. The Morgan fingerprint density at radius 1 is 1.21 bits per heavy atom. The molecule has 0 bridgehead atoms. The molecule has 0 radical (unpaired) electrons. The summed E-state index contributed by atoms with van der Waals surface area (Å²) in [4.78, 5) is 13.1. The molecule has 0 saturated carbocycles. The summed E-state index contributed by atoms with van der Waals surface area (Å²) in [5.41, 5.74) is 0.946. The van der Waals surface area contributed by atoms with Gasteiger partial charge in [0, 0.05) is 26.2 Å². The van der Waals surface area contributed by atoms with Gasteiger partial charge in [-0.2, -0.15) is 4.31 Å². The number of hydroxylamine groups is 2. The minimum atomic E-state index is -3.58. The lowest BCUT2D eigenvalue weighted by Gasteiger charge is -2.36. The van der Waals surface area contributed by atoms with Gasteiger partial charge in [-0.05, 0) is 18.6 Å². The summed E-state index contributed by atoms with van der Waals surface area (Å²) in [6, 6.07) is 6.95. The third-order valence-electron chi connectivity index (χ3n) is 5.08. The first kappa shape index (κ1) is 22.4. The fraction of sp³-hybridized carbons (Fsp3) is 0.632. The molecule has 1 amide bonds. The topological polar surface area (TPSA) is 90.4 Å². The van der Waals surface area contributed by atoms with Crippen LogP contribution in [0.2, 0.25) is 0 Å². The highest BCUT2D eigenvalue weighted by Gasteiger charge is 2.31. The van der Waals surface area contributed by atoms with Crippen molar-refractivity contribution in [1.29, 1.82) is 0 Å². The van der Waals surface area contributed by atoms with E-state index in [1.165, 1.54) is 4.31 Å². The lowest BCUT2D eigenvalue weighted by Crippen LogP contribution is -2.51. The minimum absolute atomic E-state index is 0.263. The number of benzene rings is 1. The van der Waals surface area contributed by atoms with E-state index in [2.05, 4.69) is 4.90 Å². The van der Waals surface area contributed by atoms with Crippen molar-refractivity contribution in [1.82, 2.24) is 9.37 Å². The second-order valence-electron chi connectivity index (χ2n) is 6.97. The largest absolute Gasteiger partial charge is 0.495 e. The average molecular weight is 414 g/mol. The van der Waals surface area contributed by atoms with Crippen molar-refractivity contribution in [2.24, 2.45) is 0 Å². The fourth-order valence-corrected chi connectivity index (χ4v) is 5.19. The molecule has 8 nitrogen and oxygen atoms in total. The van der Waals surface area contributed by atoms with Crippen molar-refractivity contribution in [3.63, 3.8) is 0 Å². The van der Waals surface area contributed by atoms with E-state index in [-0.39, 0.29) is 12.2 Å². The number of carbonyl (C=O) groups is 1. The molecule has 1 aliphatic heterocycles. The summed E-state index contributed by atoms with van der Waals surface area (Å²) in [5.74, 6) is 0.498. The Kier molecular flexibility index (Phi) is 8.53. The molecule has 1 atom stereocenters. The number of unbranched alkanes of at least 4 members (excludes halogenated alkanes) is 2. The molecule has 1 aliphatic rings. The maximum atomic E-state index is 12.8. The lowest BCUT2D eigenvalue weighted by atomic mass is 10.1. The smallest absolute Gasteiger partial charge is 0.233 e. The molecular formula is C19H31N3O5S. The van der Waals surface area contributed by atoms with Crippen LogP contribution in [0.1, 0.15) is 32.6 Å². The van der Waals surface area contributed by atoms with Crippen molar-refractivity contribution >= 4 is 22.1 Å². The molecule has 1 aromatic carbocycles. The molecule has 1 saturated heterocycles. The molecule has 1 aromatic rings. The minimum Gasteiger partial charge on any atom is -0.495 e. The van der Waals surface area contributed by atoms with Crippen LogP contribution in [0.3, 0.4) is 0 Å². The molecule has 1 heterocycles. The van der Waals surface area contributed by atoms with Crippen LogP contribution < -0.4 is 9.64 Å². The van der Waals surface area contributed by atoms with E-state index in [1.54, 1.807) is 7.11 Å². The SMILES string of the molecule is CCCCCC(CS(=O)(=O)N1CCN(c2ccccc2OC)CC1)N(O)C=O. The highest BCUT2D eigenvalue weighted by molar-refractivity contribution is 7.89. The second-order valence-corrected chi connectivity index (χ2v) is 8.99. The van der Waals surface area contributed by atoms with Crippen LogP contribution in [0.4, 0.5) is 5.69 Å². The van der Waals surface area contributed by atoms with Crippen LogP contribution in [0.15, 0.2) is 24.3 Å². The van der Waals surface area contributed by atoms with E-state index in [9.17, 15) is 18.4 Å². The van der Waals surface area contributed by atoms with Crippen LogP contribution in [0.5, 0.6) is 5.75 Å². The number of anilines is 1. The number of ether oxygens (including phenoxy) is 1. The van der Waals surface area contributed by atoms with Crippen molar-refractivity contribution in [3.8, 4) is 5.75 Å². The maximum absolute atomic E-state index is 12.8. The van der Waals surface area contributed by atoms with Crippen molar-refractivity contribution in [2.45, 2.75) is 38.6 Å². The summed E-state index contributed by atoms with van der Waals surface area (Å²) >= 11 is 0. The summed E-state index contributed by atoms with van der Waals surface area (Å²) in [5, 5.41) is 10.3. The Morgan fingerprint density at radius 3 is 2.50 bits per heavy atom. The molecule has 0 aliphatic carbocycles. The van der Waals surface area contributed by atoms with Gasteiger partial charge in [0.2, 0.25) is 16.4 Å². The normalized spacial score (nSPS) is 16.6. The van der Waals surface area contributed by atoms with Crippen LogP contribution in [-0.2, 0) is 14.8 Å². The number of sulfonamides is 1. The summed E-state index contributed by atoms with van der Waals surface area (Å²) in [7, 11) is -1.96. The molecule has 9 heteroatoms. The molecule has 158 valence electrons. The van der Waals surface area contributed by atoms with Crippen molar-refractivity contribution in [2.75, 3.05) is 43.9 Å². The number of carbonyl (C=O) groups excluding carboxylic acids is 1. The first-order valence-corrected chi connectivity index (χ1v) is 11.3. The standard InChI is InChI=1S/C19H31N3O5S/c1-3-4-5-8-17(22(24)16-23)15-28(25,26)21-13-11-20(12-14-21)18-9-6-7-10-19(18)27-2/h6-7,9-10,16-17,24H,3-5,8,11-15H2,1-2H3. The van der Waals surface area contributed by atoms with Crippen LogP contribution in [0, 0.1) is 0 Å². The maximum Gasteiger partial charge on any atom is 0.233 e. The zero-order valence-corrected chi connectivity index (χ0v) is 17.5. The van der Waals surface area contributed by atoms with E-state index in [1.807, 2.05) is 31.2 Å². The zero-order chi connectivity index (χ0) is 20.6. The van der Waals surface area contributed by atoms with Gasteiger partial charge < -0.3 is 9.64 Å². The van der Waals surface area contributed by atoms with Crippen molar-refractivity contribution < 1.29 is 23.2 Å². The van der Waals surface area contributed by atoms with E-state index in [0.717, 1.165) is 30.7 Å². The van der Waals surface area contributed by atoms with Crippen molar-refractivity contribution in [3.05, 3.63) is 24.3 Å². The average Bonchev–Trinajstić information content (AvgIpc) is 2.72. The number of rotatable bonds is 11. The molecule has 1 unspecified atom stereocenters. The molecule has 28 heavy (non-hydrogen) atoms. The third-order valence-corrected chi connectivity index (χ3v) is 7.04.